The minimum Gasteiger partial charge on any atom is -0.282 e. The van der Waals surface area contributed by atoms with Gasteiger partial charge in [0.2, 0.25) is 0 Å². The maximum Gasteiger partial charge on any atom is 0.294 e. The number of benzene rings is 2. The standard InChI is InChI=1S/C28H44O3S/c1-3-5-7-9-11-13-15-21-26-25-20-18-17-19-24(25)23-28(32(29,30)31)27(26)22-16-14-12-10-8-6-4-2/h17-20,23H,3-16,21-22H2,1-2H3,(H,29,30,31). The first-order valence-electron chi connectivity index (χ1n) is 13.0. The summed E-state index contributed by atoms with van der Waals surface area (Å²) in [4.78, 5) is 0.125. The number of fused-ring (bicyclic) bond motifs is 1. The highest BCUT2D eigenvalue weighted by atomic mass is 32.2. The van der Waals surface area contributed by atoms with Crippen LogP contribution in [0.2, 0.25) is 0 Å². The normalized spacial score (nSPS) is 12.0. The van der Waals surface area contributed by atoms with Gasteiger partial charge in [-0.2, -0.15) is 8.42 Å². The summed E-state index contributed by atoms with van der Waals surface area (Å²) in [7, 11) is -4.25. The van der Waals surface area contributed by atoms with Crippen molar-refractivity contribution in [3.8, 4) is 0 Å². The highest BCUT2D eigenvalue weighted by Gasteiger charge is 2.21. The Bertz CT molecular complexity index is 902. The average molecular weight is 461 g/mol. The van der Waals surface area contributed by atoms with Crippen molar-refractivity contribution in [2.45, 2.75) is 121 Å². The van der Waals surface area contributed by atoms with Gasteiger partial charge in [0.1, 0.15) is 0 Å². The molecule has 0 saturated heterocycles. The largest absolute Gasteiger partial charge is 0.294 e. The number of hydrogen-bond donors (Lipinski definition) is 1. The van der Waals surface area contributed by atoms with Crippen LogP contribution < -0.4 is 0 Å². The maximum absolute atomic E-state index is 12.3. The Kier molecular flexibility index (Phi) is 12.3. The second-order valence-electron chi connectivity index (χ2n) is 9.27. The lowest BCUT2D eigenvalue weighted by Gasteiger charge is -2.17. The molecule has 2 rings (SSSR count). The monoisotopic (exact) mass is 460 g/mol. The molecule has 0 saturated carbocycles. The SMILES string of the molecule is CCCCCCCCCc1c(S(=O)(=O)O)cc2ccccc2c1CCCCCCCCC. The molecule has 0 bridgehead atoms. The van der Waals surface area contributed by atoms with Crippen LogP contribution in [0.25, 0.3) is 10.8 Å². The van der Waals surface area contributed by atoms with Gasteiger partial charge in [-0.15, -0.1) is 0 Å². The quantitative estimate of drug-likeness (QED) is 0.190. The first kappa shape index (κ1) is 26.9. The van der Waals surface area contributed by atoms with Gasteiger partial charge in [-0.05, 0) is 53.6 Å². The lowest BCUT2D eigenvalue weighted by atomic mass is 9.91. The fourth-order valence-electron chi connectivity index (χ4n) is 4.74. The Hall–Kier alpha value is -1.39. The zero-order valence-corrected chi connectivity index (χ0v) is 21.2. The third kappa shape index (κ3) is 8.86. The van der Waals surface area contributed by atoms with Crippen LogP contribution in [0.3, 0.4) is 0 Å². The molecule has 0 aliphatic heterocycles. The van der Waals surface area contributed by atoms with Crippen molar-refractivity contribution in [3.05, 3.63) is 41.5 Å². The summed E-state index contributed by atoms with van der Waals surface area (Å²) in [6.07, 6.45) is 18.6. The van der Waals surface area contributed by atoms with Crippen LogP contribution in [-0.4, -0.2) is 13.0 Å². The molecule has 0 aliphatic rings. The number of rotatable bonds is 17. The Morgan fingerprint density at radius 3 is 1.66 bits per heavy atom. The summed E-state index contributed by atoms with van der Waals surface area (Å²) in [5.74, 6) is 0. The highest BCUT2D eigenvalue weighted by molar-refractivity contribution is 7.85. The van der Waals surface area contributed by atoms with E-state index in [-0.39, 0.29) is 4.90 Å². The summed E-state index contributed by atoms with van der Waals surface area (Å²) in [6.45, 7) is 4.46. The first-order valence-corrected chi connectivity index (χ1v) is 14.4. The van der Waals surface area contributed by atoms with E-state index in [4.69, 9.17) is 0 Å². The van der Waals surface area contributed by atoms with Gasteiger partial charge < -0.3 is 0 Å². The molecule has 180 valence electrons. The average Bonchev–Trinajstić information content (AvgIpc) is 2.77. The van der Waals surface area contributed by atoms with E-state index in [0.717, 1.165) is 54.0 Å². The van der Waals surface area contributed by atoms with E-state index in [9.17, 15) is 13.0 Å². The van der Waals surface area contributed by atoms with E-state index in [0.29, 0.717) is 0 Å². The van der Waals surface area contributed by atoms with E-state index < -0.39 is 10.1 Å². The molecule has 4 heteroatoms. The zero-order valence-electron chi connectivity index (χ0n) is 20.4. The van der Waals surface area contributed by atoms with Crippen LogP contribution in [-0.2, 0) is 23.0 Å². The predicted molar refractivity (Wildman–Crippen MR) is 137 cm³/mol. The lowest BCUT2D eigenvalue weighted by molar-refractivity contribution is 0.481. The second kappa shape index (κ2) is 14.7. The fraction of sp³-hybridized carbons (Fsp3) is 0.643. The van der Waals surface area contributed by atoms with Crippen molar-refractivity contribution in [1.29, 1.82) is 0 Å². The van der Waals surface area contributed by atoms with E-state index in [1.54, 1.807) is 6.07 Å². The van der Waals surface area contributed by atoms with Gasteiger partial charge in [-0.25, -0.2) is 0 Å². The molecule has 0 spiro atoms. The van der Waals surface area contributed by atoms with Crippen molar-refractivity contribution in [2.24, 2.45) is 0 Å². The molecule has 0 aromatic heterocycles. The van der Waals surface area contributed by atoms with Crippen molar-refractivity contribution < 1.29 is 13.0 Å². The predicted octanol–water partition coefficient (Wildman–Crippen LogP) is 8.67. The molecule has 0 heterocycles. The third-order valence-corrected chi connectivity index (χ3v) is 7.49. The third-order valence-electron chi connectivity index (χ3n) is 6.57. The van der Waals surface area contributed by atoms with Crippen LogP contribution in [0.4, 0.5) is 0 Å². The maximum atomic E-state index is 12.3. The lowest BCUT2D eigenvalue weighted by Crippen LogP contribution is -2.08. The van der Waals surface area contributed by atoms with Crippen LogP contribution in [0.1, 0.15) is 115 Å². The zero-order chi connectivity index (χ0) is 23.2. The van der Waals surface area contributed by atoms with Crippen molar-refractivity contribution in [2.75, 3.05) is 0 Å². The molecule has 0 atom stereocenters. The highest BCUT2D eigenvalue weighted by Crippen LogP contribution is 2.32. The molecule has 0 radical (unpaired) electrons. The van der Waals surface area contributed by atoms with Crippen molar-refractivity contribution >= 4 is 20.9 Å². The Balaban J connectivity index is 2.16. The second-order valence-corrected chi connectivity index (χ2v) is 10.7. The van der Waals surface area contributed by atoms with Gasteiger partial charge in [0.25, 0.3) is 10.1 Å². The molecule has 3 nitrogen and oxygen atoms in total. The minimum absolute atomic E-state index is 0.125. The minimum atomic E-state index is -4.25. The van der Waals surface area contributed by atoms with Gasteiger partial charge in [0, 0.05) is 0 Å². The van der Waals surface area contributed by atoms with Crippen LogP contribution in [0.5, 0.6) is 0 Å². The molecule has 1 N–H and O–H groups in total. The summed E-state index contributed by atoms with van der Waals surface area (Å²) in [6, 6.07) is 9.70. The van der Waals surface area contributed by atoms with E-state index >= 15 is 0 Å². The van der Waals surface area contributed by atoms with Gasteiger partial charge in [-0.1, -0.05) is 115 Å². The number of unbranched alkanes of at least 4 members (excludes halogenated alkanes) is 12. The molecule has 2 aromatic rings. The molecule has 0 aliphatic carbocycles. The van der Waals surface area contributed by atoms with Crippen LogP contribution in [0.15, 0.2) is 35.2 Å². The van der Waals surface area contributed by atoms with Crippen molar-refractivity contribution in [1.82, 2.24) is 0 Å². The first-order chi connectivity index (χ1) is 15.5. The van der Waals surface area contributed by atoms with Crippen LogP contribution in [0, 0.1) is 0 Å². The van der Waals surface area contributed by atoms with Gasteiger partial charge in [-0.3, -0.25) is 4.55 Å². The topological polar surface area (TPSA) is 54.4 Å². The number of aryl methyl sites for hydroxylation is 1. The van der Waals surface area contributed by atoms with Gasteiger partial charge in [0.15, 0.2) is 0 Å². The number of hydrogen-bond acceptors (Lipinski definition) is 2. The fourth-order valence-corrected chi connectivity index (χ4v) is 5.56. The summed E-state index contributed by atoms with van der Waals surface area (Å²) >= 11 is 0. The van der Waals surface area contributed by atoms with E-state index in [1.807, 2.05) is 18.2 Å². The van der Waals surface area contributed by atoms with E-state index in [2.05, 4.69) is 19.9 Å². The molecular formula is C28H44O3S. The van der Waals surface area contributed by atoms with E-state index in [1.165, 1.54) is 70.6 Å². The Labute approximate surface area is 196 Å². The van der Waals surface area contributed by atoms with Crippen LogP contribution >= 0.6 is 0 Å². The van der Waals surface area contributed by atoms with Gasteiger partial charge in [0.05, 0.1) is 4.90 Å². The molecule has 32 heavy (non-hydrogen) atoms. The summed E-state index contributed by atoms with van der Waals surface area (Å²) < 4.78 is 34.6. The molecule has 0 unspecified atom stereocenters. The smallest absolute Gasteiger partial charge is 0.282 e. The summed E-state index contributed by atoms with van der Waals surface area (Å²) in [5, 5.41) is 2.05. The van der Waals surface area contributed by atoms with Gasteiger partial charge >= 0.3 is 0 Å². The Morgan fingerprint density at radius 1 is 0.656 bits per heavy atom. The Morgan fingerprint density at radius 2 is 1.12 bits per heavy atom. The van der Waals surface area contributed by atoms with Crippen molar-refractivity contribution in [3.63, 3.8) is 0 Å². The molecule has 0 amide bonds. The molecule has 0 fully saturated rings. The molecule has 2 aromatic carbocycles. The molecular weight excluding hydrogens is 416 g/mol. The summed E-state index contributed by atoms with van der Waals surface area (Å²) in [5.41, 5.74) is 1.99.